The zero-order valence-corrected chi connectivity index (χ0v) is 13.4. The van der Waals surface area contributed by atoms with E-state index in [1.54, 1.807) is 5.01 Å². The fourth-order valence-corrected chi connectivity index (χ4v) is 2.41. The first kappa shape index (κ1) is 15.3. The quantitative estimate of drug-likeness (QED) is 0.891. The summed E-state index contributed by atoms with van der Waals surface area (Å²) in [6, 6.07) is 11.6. The molecule has 5 nitrogen and oxygen atoms in total. The molecule has 0 saturated carbocycles. The lowest BCUT2D eigenvalue weighted by molar-refractivity contribution is -0.123. The van der Waals surface area contributed by atoms with Gasteiger partial charge in [-0.15, -0.1) is 17.0 Å². The number of carbonyl (C=O) groups is 1. The number of benzene rings is 1. The van der Waals surface area contributed by atoms with Gasteiger partial charge < -0.3 is 4.57 Å². The van der Waals surface area contributed by atoms with Crippen molar-refractivity contribution in [3.8, 4) is 0 Å². The maximum Gasteiger partial charge on any atom is 0.244 e. The number of carbonyl (C=O) groups excluding carboxylic acids is 1. The van der Waals surface area contributed by atoms with Crippen LogP contribution in [0.4, 0.5) is 0 Å². The predicted octanol–water partition coefficient (Wildman–Crippen LogP) is 2.02. The molecule has 1 aliphatic heterocycles. The van der Waals surface area contributed by atoms with Crippen LogP contribution in [0.1, 0.15) is 16.8 Å². The molecule has 0 saturated heterocycles. The van der Waals surface area contributed by atoms with Gasteiger partial charge in [0.1, 0.15) is 5.84 Å². The summed E-state index contributed by atoms with van der Waals surface area (Å²) in [5, 5.41) is 9.67. The molecule has 0 bridgehead atoms. The minimum absolute atomic E-state index is 0. The van der Waals surface area contributed by atoms with E-state index in [0.29, 0.717) is 18.8 Å². The maximum absolute atomic E-state index is 12.1. The Balaban J connectivity index is 0.00000161. The molecule has 1 aromatic carbocycles. The molecule has 3 rings (SSSR count). The molecular weight excluding hydrogens is 332 g/mol. The molecule has 2 heterocycles. The molecule has 0 unspecified atom stereocenters. The van der Waals surface area contributed by atoms with Crippen LogP contribution in [0.2, 0.25) is 0 Å². The molecule has 0 spiro atoms. The molecule has 0 atom stereocenters. The summed E-state index contributed by atoms with van der Waals surface area (Å²) in [6.07, 6.45) is 2.22. The molecule has 0 fully saturated rings. The van der Waals surface area contributed by atoms with Crippen molar-refractivity contribution in [2.24, 2.45) is 7.05 Å². The van der Waals surface area contributed by atoms with Gasteiger partial charge in [-0.1, -0.05) is 24.3 Å². The average molecular weight is 349 g/mol. The lowest BCUT2D eigenvalue weighted by Gasteiger charge is -2.19. The number of amidine groups is 1. The van der Waals surface area contributed by atoms with Gasteiger partial charge in [0.15, 0.2) is 0 Å². The summed E-state index contributed by atoms with van der Waals surface area (Å²) < 4.78 is 1.92. The highest BCUT2D eigenvalue weighted by Gasteiger charge is 2.25. The molecular formula is C15H17BrN4O. The van der Waals surface area contributed by atoms with E-state index in [4.69, 9.17) is 5.41 Å². The van der Waals surface area contributed by atoms with E-state index < -0.39 is 0 Å². The monoisotopic (exact) mass is 348 g/mol. The third-order valence-electron chi connectivity index (χ3n) is 3.52. The standard InChI is InChI=1S/C15H16N4O.BrH/c1-18-8-4-6-12(18)9-14(20)17-19-10-11-5-2-3-7-13(11)15(19)16;/h2-8,16H,9-10H2,1H3,(H,17,20);1H. The Morgan fingerprint density at radius 2 is 2.05 bits per heavy atom. The normalized spacial score (nSPS) is 12.8. The van der Waals surface area contributed by atoms with Crippen LogP contribution in [-0.4, -0.2) is 21.3 Å². The number of aromatic nitrogens is 1. The van der Waals surface area contributed by atoms with Crippen LogP contribution in [0.25, 0.3) is 0 Å². The summed E-state index contributed by atoms with van der Waals surface area (Å²) in [5.74, 6) is 0.241. The van der Waals surface area contributed by atoms with Crippen LogP contribution in [0, 0.1) is 5.41 Å². The second-order valence-corrected chi connectivity index (χ2v) is 4.91. The smallest absolute Gasteiger partial charge is 0.244 e. The van der Waals surface area contributed by atoms with Crippen molar-refractivity contribution in [2.45, 2.75) is 13.0 Å². The second kappa shape index (κ2) is 6.13. The number of hydrazine groups is 1. The molecule has 21 heavy (non-hydrogen) atoms. The molecule has 1 aromatic heterocycles. The van der Waals surface area contributed by atoms with E-state index >= 15 is 0 Å². The lowest BCUT2D eigenvalue weighted by atomic mass is 10.1. The number of rotatable bonds is 3. The van der Waals surface area contributed by atoms with Gasteiger partial charge in [0.25, 0.3) is 0 Å². The zero-order valence-electron chi connectivity index (χ0n) is 11.7. The highest BCUT2D eigenvalue weighted by molar-refractivity contribution is 8.93. The van der Waals surface area contributed by atoms with Crippen LogP contribution in [0.3, 0.4) is 0 Å². The van der Waals surface area contributed by atoms with Crippen molar-refractivity contribution in [3.63, 3.8) is 0 Å². The van der Waals surface area contributed by atoms with Gasteiger partial charge in [-0.2, -0.15) is 0 Å². The fourth-order valence-electron chi connectivity index (χ4n) is 2.41. The van der Waals surface area contributed by atoms with Gasteiger partial charge in [-0.3, -0.25) is 20.6 Å². The van der Waals surface area contributed by atoms with E-state index in [1.807, 2.05) is 54.2 Å². The first-order valence-corrected chi connectivity index (χ1v) is 6.49. The Morgan fingerprint density at radius 3 is 2.71 bits per heavy atom. The minimum atomic E-state index is -0.107. The van der Waals surface area contributed by atoms with Crippen LogP contribution in [0.5, 0.6) is 0 Å². The van der Waals surface area contributed by atoms with E-state index in [9.17, 15) is 4.79 Å². The number of nitrogens with one attached hydrogen (secondary N) is 2. The van der Waals surface area contributed by atoms with Crippen molar-refractivity contribution in [1.82, 2.24) is 15.0 Å². The minimum Gasteiger partial charge on any atom is -0.354 e. The van der Waals surface area contributed by atoms with Gasteiger partial charge in [0.2, 0.25) is 5.91 Å². The molecule has 2 aromatic rings. The summed E-state index contributed by atoms with van der Waals surface area (Å²) in [7, 11) is 1.91. The highest BCUT2D eigenvalue weighted by atomic mass is 79.9. The van der Waals surface area contributed by atoms with E-state index in [-0.39, 0.29) is 22.9 Å². The Morgan fingerprint density at radius 1 is 1.29 bits per heavy atom. The Bertz CT molecular complexity index is 680. The number of hydrogen-bond donors (Lipinski definition) is 2. The molecule has 0 aliphatic carbocycles. The Hall–Kier alpha value is -2.08. The number of aryl methyl sites for hydroxylation is 1. The molecule has 6 heteroatoms. The third kappa shape index (κ3) is 3.00. The topological polar surface area (TPSA) is 61.1 Å². The highest BCUT2D eigenvalue weighted by Crippen LogP contribution is 2.20. The van der Waals surface area contributed by atoms with E-state index in [2.05, 4.69) is 5.43 Å². The van der Waals surface area contributed by atoms with Crippen molar-refractivity contribution >= 4 is 28.7 Å². The van der Waals surface area contributed by atoms with Gasteiger partial charge >= 0.3 is 0 Å². The Labute approximate surface area is 133 Å². The summed E-state index contributed by atoms with van der Waals surface area (Å²) in [4.78, 5) is 12.1. The van der Waals surface area contributed by atoms with Crippen molar-refractivity contribution in [2.75, 3.05) is 0 Å². The van der Waals surface area contributed by atoms with Crippen LogP contribution >= 0.6 is 17.0 Å². The zero-order chi connectivity index (χ0) is 14.1. The van der Waals surface area contributed by atoms with Gasteiger partial charge in [0, 0.05) is 24.5 Å². The molecule has 0 radical (unpaired) electrons. The third-order valence-corrected chi connectivity index (χ3v) is 3.52. The first-order valence-electron chi connectivity index (χ1n) is 6.49. The lowest BCUT2D eigenvalue weighted by Crippen LogP contribution is -2.43. The van der Waals surface area contributed by atoms with E-state index in [1.165, 1.54) is 0 Å². The number of nitrogens with zero attached hydrogens (tertiary/aromatic N) is 2. The van der Waals surface area contributed by atoms with Gasteiger partial charge in [-0.25, -0.2) is 0 Å². The van der Waals surface area contributed by atoms with Gasteiger partial charge in [-0.05, 0) is 17.7 Å². The van der Waals surface area contributed by atoms with E-state index in [0.717, 1.165) is 16.8 Å². The van der Waals surface area contributed by atoms with Crippen molar-refractivity contribution in [3.05, 3.63) is 59.4 Å². The maximum atomic E-state index is 12.1. The molecule has 2 N–H and O–H groups in total. The molecule has 1 amide bonds. The van der Waals surface area contributed by atoms with Gasteiger partial charge in [0.05, 0.1) is 13.0 Å². The second-order valence-electron chi connectivity index (χ2n) is 4.91. The number of halogens is 1. The van der Waals surface area contributed by atoms with Crippen LogP contribution in [-0.2, 0) is 24.8 Å². The molecule has 1 aliphatic rings. The number of fused-ring (bicyclic) bond motifs is 1. The SMILES string of the molecule is Br.Cn1cccc1CC(=O)NN1Cc2ccccc2C1=N. The molecule has 110 valence electrons. The fraction of sp³-hybridized carbons (Fsp3) is 0.200. The van der Waals surface area contributed by atoms with Crippen molar-refractivity contribution < 1.29 is 4.79 Å². The summed E-state index contributed by atoms with van der Waals surface area (Å²) >= 11 is 0. The first-order chi connectivity index (χ1) is 9.65. The summed E-state index contributed by atoms with van der Waals surface area (Å²) in [6.45, 7) is 0.549. The number of hydrogen-bond acceptors (Lipinski definition) is 2. The van der Waals surface area contributed by atoms with Crippen LogP contribution < -0.4 is 5.43 Å². The predicted molar refractivity (Wildman–Crippen MR) is 86.4 cm³/mol. The van der Waals surface area contributed by atoms with Crippen molar-refractivity contribution in [1.29, 1.82) is 5.41 Å². The number of amides is 1. The summed E-state index contributed by atoms with van der Waals surface area (Å²) in [5.41, 5.74) is 5.69. The average Bonchev–Trinajstić information content (AvgIpc) is 2.96. The Kier molecular flexibility index (Phi) is 4.47. The van der Waals surface area contributed by atoms with Crippen LogP contribution in [0.15, 0.2) is 42.6 Å². The largest absolute Gasteiger partial charge is 0.354 e.